The highest BCUT2D eigenvalue weighted by molar-refractivity contribution is 5.72. The van der Waals surface area contributed by atoms with Crippen LogP contribution in [0.1, 0.15) is 24.1 Å². The summed E-state index contributed by atoms with van der Waals surface area (Å²) in [6.45, 7) is 1.82. The van der Waals surface area contributed by atoms with E-state index in [2.05, 4.69) is 4.98 Å². The zero-order valence-electron chi connectivity index (χ0n) is 11.9. The van der Waals surface area contributed by atoms with Gasteiger partial charge >= 0.3 is 6.18 Å². The molecular weight excluding hydrogens is 298 g/mol. The second-order valence-electron chi connectivity index (χ2n) is 5.14. The van der Waals surface area contributed by atoms with E-state index < -0.39 is 17.7 Å². The van der Waals surface area contributed by atoms with Gasteiger partial charge in [-0.15, -0.1) is 0 Å². The molecule has 0 saturated heterocycles. The number of hydrazine groups is 1. The molecule has 3 rings (SSSR count). The van der Waals surface area contributed by atoms with Gasteiger partial charge in [0.15, 0.2) is 0 Å². The second kappa shape index (κ2) is 4.95. The zero-order chi connectivity index (χ0) is 16.1. The molecule has 7 heteroatoms. The number of alkyl halides is 3. The number of fused-ring (bicyclic) bond motifs is 1. The third kappa shape index (κ3) is 2.21. The summed E-state index contributed by atoms with van der Waals surface area (Å²) < 4.78 is 53.0. The van der Waals surface area contributed by atoms with Gasteiger partial charge in [-0.1, -0.05) is 12.1 Å². The first-order valence-electron chi connectivity index (χ1n) is 6.65. The Hall–Kier alpha value is -2.15. The minimum Gasteiger partial charge on any atom is -0.272 e. The molecule has 0 aliphatic carbocycles. The fourth-order valence-corrected chi connectivity index (χ4v) is 2.70. The van der Waals surface area contributed by atoms with Crippen LogP contribution in [0.15, 0.2) is 36.5 Å². The van der Waals surface area contributed by atoms with Crippen molar-refractivity contribution in [3.8, 4) is 0 Å². The molecule has 1 aromatic carbocycles. The molecule has 0 radical (unpaired) electrons. The Morgan fingerprint density at radius 3 is 2.45 bits per heavy atom. The van der Waals surface area contributed by atoms with Crippen molar-refractivity contribution in [1.82, 2.24) is 9.99 Å². The van der Waals surface area contributed by atoms with Crippen molar-refractivity contribution in [2.24, 2.45) is 0 Å². The highest BCUT2D eigenvalue weighted by Crippen LogP contribution is 2.49. The summed E-state index contributed by atoms with van der Waals surface area (Å²) in [5, 5.41) is 3.10. The highest BCUT2D eigenvalue weighted by Gasteiger charge is 2.42. The van der Waals surface area contributed by atoms with E-state index in [4.69, 9.17) is 0 Å². The summed E-state index contributed by atoms with van der Waals surface area (Å²) in [7, 11) is 1.69. The molecule has 0 bridgehead atoms. The number of rotatable bonds is 1. The van der Waals surface area contributed by atoms with E-state index in [-0.39, 0.29) is 11.7 Å². The minimum absolute atomic E-state index is 0.0680. The highest BCUT2D eigenvalue weighted by atomic mass is 19.4. The van der Waals surface area contributed by atoms with Crippen molar-refractivity contribution in [1.29, 1.82) is 0 Å². The zero-order valence-corrected chi connectivity index (χ0v) is 11.9. The number of halogens is 4. The van der Waals surface area contributed by atoms with Crippen LogP contribution in [0.2, 0.25) is 0 Å². The summed E-state index contributed by atoms with van der Waals surface area (Å²) in [5.41, 5.74) is 0.303. The van der Waals surface area contributed by atoms with Gasteiger partial charge in [-0.2, -0.15) is 17.6 Å². The van der Waals surface area contributed by atoms with E-state index in [0.29, 0.717) is 11.3 Å². The minimum atomic E-state index is -4.47. The van der Waals surface area contributed by atoms with Crippen molar-refractivity contribution in [3.05, 3.63) is 53.6 Å². The first-order chi connectivity index (χ1) is 10.3. The molecule has 22 heavy (non-hydrogen) atoms. The molecule has 0 spiro atoms. The predicted molar refractivity (Wildman–Crippen MR) is 74.0 cm³/mol. The van der Waals surface area contributed by atoms with Gasteiger partial charge in [-0.3, -0.25) is 5.01 Å². The van der Waals surface area contributed by atoms with Crippen LogP contribution >= 0.6 is 0 Å². The normalized spacial score (nSPS) is 18.6. The van der Waals surface area contributed by atoms with Gasteiger partial charge < -0.3 is 0 Å². The van der Waals surface area contributed by atoms with Gasteiger partial charge in [0, 0.05) is 7.05 Å². The number of hydrogen-bond donors (Lipinski definition) is 0. The Morgan fingerprint density at radius 2 is 1.86 bits per heavy atom. The van der Waals surface area contributed by atoms with Crippen LogP contribution in [-0.2, 0) is 6.18 Å². The summed E-state index contributed by atoms with van der Waals surface area (Å²) in [4.78, 5) is 3.53. The lowest BCUT2D eigenvalue weighted by atomic mass is 10.0. The van der Waals surface area contributed by atoms with Gasteiger partial charge in [0.25, 0.3) is 0 Å². The van der Waals surface area contributed by atoms with E-state index in [9.17, 15) is 17.6 Å². The molecule has 3 nitrogen and oxygen atoms in total. The lowest BCUT2D eigenvalue weighted by Crippen LogP contribution is -2.32. The Bertz CT molecular complexity index is 697. The SMILES string of the molecule is CC1c2cccc(C(F)(F)F)c2N(c2ccc(F)nc2)N1C. The van der Waals surface area contributed by atoms with Crippen molar-refractivity contribution >= 4 is 11.4 Å². The van der Waals surface area contributed by atoms with Gasteiger partial charge in [0.1, 0.15) is 0 Å². The second-order valence-corrected chi connectivity index (χ2v) is 5.14. The third-order valence-corrected chi connectivity index (χ3v) is 3.87. The predicted octanol–water partition coefficient (Wildman–Crippen LogP) is 4.30. The molecule has 1 unspecified atom stereocenters. The maximum atomic E-state index is 13.3. The van der Waals surface area contributed by atoms with Crippen LogP contribution in [0, 0.1) is 5.95 Å². The molecule has 1 aromatic heterocycles. The van der Waals surface area contributed by atoms with Crippen LogP contribution < -0.4 is 5.01 Å². The van der Waals surface area contributed by atoms with Gasteiger partial charge in [0.05, 0.1) is 29.2 Å². The summed E-state index contributed by atoms with van der Waals surface area (Å²) >= 11 is 0. The average Bonchev–Trinajstić information content (AvgIpc) is 2.71. The van der Waals surface area contributed by atoms with Crippen molar-refractivity contribution in [2.75, 3.05) is 12.1 Å². The van der Waals surface area contributed by atoms with E-state index >= 15 is 0 Å². The maximum Gasteiger partial charge on any atom is 0.418 e. The molecule has 0 fully saturated rings. The Balaban J connectivity index is 2.21. The maximum absolute atomic E-state index is 13.3. The van der Waals surface area contributed by atoms with E-state index in [0.717, 1.165) is 12.1 Å². The lowest BCUT2D eigenvalue weighted by molar-refractivity contribution is -0.137. The third-order valence-electron chi connectivity index (χ3n) is 3.87. The number of aromatic nitrogens is 1. The Labute approximate surface area is 124 Å². The molecular formula is C15H13F4N3. The van der Waals surface area contributed by atoms with E-state index in [1.54, 1.807) is 18.1 Å². The number of para-hydroxylation sites is 1. The van der Waals surface area contributed by atoms with Crippen molar-refractivity contribution in [2.45, 2.75) is 19.1 Å². The van der Waals surface area contributed by atoms with Crippen LogP contribution in [0.3, 0.4) is 0 Å². The van der Waals surface area contributed by atoms with Crippen molar-refractivity contribution < 1.29 is 17.6 Å². The Kier molecular flexibility index (Phi) is 3.32. The van der Waals surface area contributed by atoms with Crippen molar-refractivity contribution in [3.63, 3.8) is 0 Å². The van der Waals surface area contributed by atoms with Gasteiger partial charge in [0.2, 0.25) is 5.95 Å². The van der Waals surface area contributed by atoms with E-state index in [1.807, 2.05) is 6.92 Å². The first-order valence-corrected chi connectivity index (χ1v) is 6.65. The number of hydrogen-bond acceptors (Lipinski definition) is 3. The topological polar surface area (TPSA) is 19.4 Å². The molecule has 1 aliphatic rings. The summed E-state index contributed by atoms with van der Waals surface area (Å²) in [5.74, 6) is -0.678. The number of benzene rings is 1. The molecule has 0 saturated carbocycles. The molecule has 116 valence electrons. The molecule has 2 heterocycles. The van der Waals surface area contributed by atoms with Gasteiger partial charge in [-0.25, -0.2) is 9.99 Å². The number of anilines is 2. The smallest absolute Gasteiger partial charge is 0.272 e. The molecule has 0 N–H and O–H groups in total. The van der Waals surface area contributed by atoms with Gasteiger partial charge in [-0.05, 0) is 30.7 Å². The standard InChI is InChI=1S/C15H13F4N3/c1-9-11-4-3-5-12(15(17,18)19)14(11)22(21(9)2)10-6-7-13(16)20-8-10/h3-9H,1-2H3. The molecule has 1 aliphatic heterocycles. The molecule has 1 atom stereocenters. The lowest BCUT2D eigenvalue weighted by Gasteiger charge is -2.30. The summed E-state index contributed by atoms with van der Waals surface area (Å²) in [6.07, 6.45) is -3.25. The fourth-order valence-electron chi connectivity index (χ4n) is 2.70. The van der Waals surface area contributed by atoms with Crippen LogP contribution in [0.4, 0.5) is 28.9 Å². The summed E-state index contributed by atoms with van der Waals surface area (Å²) in [6, 6.07) is 6.42. The van der Waals surface area contributed by atoms with Crippen LogP contribution in [0.25, 0.3) is 0 Å². The van der Waals surface area contributed by atoms with E-state index in [1.165, 1.54) is 23.3 Å². The number of nitrogens with zero attached hydrogens (tertiary/aromatic N) is 3. The first kappa shape index (κ1) is 14.8. The quantitative estimate of drug-likeness (QED) is 0.578. The number of pyridine rings is 1. The Morgan fingerprint density at radius 1 is 1.14 bits per heavy atom. The fraction of sp³-hybridized carbons (Fsp3) is 0.267. The largest absolute Gasteiger partial charge is 0.418 e. The monoisotopic (exact) mass is 311 g/mol. The molecule has 2 aromatic rings. The van der Waals surface area contributed by atoms with Crippen LogP contribution in [0.5, 0.6) is 0 Å². The molecule has 0 amide bonds. The average molecular weight is 311 g/mol. The van der Waals surface area contributed by atoms with Crippen LogP contribution in [-0.4, -0.2) is 17.0 Å².